The molecule has 96 heavy (non-hydrogen) atoms. The fourth-order valence-corrected chi connectivity index (χ4v) is 11.4. The first kappa shape index (κ1) is 43.4. The van der Waals surface area contributed by atoms with Gasteiger partial charge in [-0.05, 0) is 169 Å². The Morgan fingerprint density at radius 2 is 1.04 bits per heavy atom. The standard InChI is InChI=1S/2C37H40F4N4O2S/c1-4-43(5-2)18-19-44(22-26-6-10-28(11-7-26)29-12-14-30(15-13-29)37(39,40)41)34(46)23-45-33-21-25(3)20-32(33)35(47)42-36(45)48-24-27-8-16-31(38)17-9-27;1-4-43(5-2)19-20-44(22-29-12-11-28(21-25(29)3)27-13-15-30(16-14-27)37(39,40)41)34(46)23-45-33-8-6-7-32(33)35(47)42-36(45)48-24-26-9-17-31(38)18-10-26/h6-17,25H,4-5,18-24H2,1-3H3;9-18,21H,4-8,19-20,22-24H2,1-3H3/i8D,9D,16D,17D,18D2,19D2,20D2,21D2,25D;9D,10D,11D,12D,13D,14D,15D,16D,17D,18D,19D2,20D2,21D. The van der Waals surface area contributed by atoms with E-state index in [0.717, 1.165) is 33.4 Å². The van der Waals surface area contributed by atoms with Gasteiger partial charge >= 0.3 is 12.4 Å². The van der Waals surface area contributed by atoms with E-state index in [1.807, 2.05) is 0 Å². The van der Waals surface area contributed by atoms with Crippen LogP contribution in [0.2, 0.25) is 0 Å². The molecule has 2 aliphatic rings. The summed E-state index contributed by atoms with van der Waals surface area (Å²) in [4.78, 5) is 67.5. The van der Waals surface area contributed by atoms with Crippen LogP contribution in [0.3, 0.4) is 0 Å². The van der Waals surface area contributed by atoms with E-state index in [2.05, 4.69) is 9.97 Å². The molecule has 6 aromatic carbocycles. The van der Waals surface area contributed by atoms with Crippen molar-refractivity contribution >= 4 is 35.3 Å². The van der Waals surface area contributed by atoms with E-state index in [4.69, 9.17) is 32.9 Å². The van der Waals surface area contributed by atoms with Crippen LogP contribution in [0.5, 0.6) is 0 Å². The Morgan fingerprint density at radius 1 is 0.573 bits per heavy atom. The number of carbonyl (C=O) groups excluding carboxylic acids is 2. The van der Waals surface area contributed by atoms with Gasteiger partial charge in [0.15, 0.2) is 10.3 Å². The molecule has 10 rings (SSSR count). The summed E-state index contributed by atoms with van der Waals surface area (Å²) in [5, 5.41) is -0.744. The quantitative estimate of drug-likeness (QED) is 0.0295. The van der Waals surface area contributed by atoms with Crippen LogP contribution in [0, 0.1) is 24.5 Å². The van der Waals surface area contributed by atoms with Crippen LogP contribution in [0.1, 0.15) is 141 Å². The maximum atomic E-state index is 14.8. The van der Waals surface area contributed by atoms with E-state index in [-0.39, 0.29) is 72.0 Å². The highest BCUT2D eigenvalue weighted by molar-refractivity contribution is 7.98. The minimum atomic E-state index is -5.31. The molecule has 22 heteroatoms. The van der Waals surface area contributed by atoms with Crippen molar-refractivity contribution in [3.63, 3.8) is 0 Å². The normalized spacial score (nSPS) is 20.2. The summed E-state index contributed by atoms with van der Waals surface area (Å²) in [6, 6.07) is -4.77. The van der Waals surface area contributed by atoms with Gasteiger partial charge in [0.05, 0.1) is 37.2 Å². The van der Waals surface area contributed by atoms with Crippen LogP contribution in [0.25, 0.3) is 22.3 Å². The molecule has 0 radical (unpaired) electrons. The molecule has 12 nitrogen and oxygen atoms in total. The summed E-state index contributed by atoms with van der Waals surface area (Å²) < 4.78 is 352. The average Bonchev–Trinajstić information content (AvgIpc) is 1.52. The van der Waals surface area contributed by atoms with Crippen LogP contribution in [0.15, 0.2) is 159 Å². The van der Waals surface area contributed by atoms with Crippen molar-refractivity contribution < 1.29 is 83.1 Å². The van der Waals surface area contributed by atoms with Gasteiger partial charge in [0.1, 0.15) is 24.7 Å². The molecule has 2 aromatic heterocycles. The second kappa shape index (κ2) is 32.9. The molecule has 0 spiro atoms. The summed E-state index contributed by atoms with van der Waals surface area (Å²) in [6.07, 6.45) is -15.0. The highest BCUT2D eigenvalue weighted by Gasteiger charge is 2.33. The van der Waals surface area contributed by atoms with Crippen molar-refractivity contribution in [1.82, 2.24) is 38.7 Å². The lowest BCUT2D eigenvalue weighted by atomic mass is 9.98. The lowest BCUT2D eigenvalue weighted by Gasteiger charge is -2.28. The summed E-state index contributed by atoms with van der Waals surface area (Å²) in [6.45, 7) is -7.87. The Kier molecular flexibility index (Phi) is 14.9. The molecule has 2 heterocycles. The van der Waals surface area contributed by atoms with E-state index in [9.17, 15) is 59.8 Å². The predicted octanol–water partition coefficient (Wildman–Crippen LogP) is 15.0. The van der Waals surface area contributed by atoms with Crippen molar-refractivity contribution in [2.75, 3.05) is 52.2 Å². The number of hydrogen-bond acceptors (Lipinski definition) is 10. The Balaban J connectivity index is 0.000000281. The van der Waals surface area contributed by atoms with E-state index in [1.165, 1.54) is 61.7 Å². The van der Waals surface area contributed by atoms with Gasteiger partial charge in [-0.25, -0.2) is 8.78 Å². The zero-order chi connectivity index (χ0) is 93.6. The third kappa shape index (κ3) is 19.0. The molecule has 2 amide bonds. The third-order valence-electron chi connectivity index (χ3n) is 14.8. The van der Waals surface area contributed by atoms with Gasteiger partial charge in [-0.1, -0.05) is 149 Å². The van der Waals surface area contributed by atoms with Gasteiger partial charge < -0.3 is 28.7 Å². The topological polar surface area (TPSA) is 117 Å². The number of alkyl halides is 6. The number of benzene rings is 6. The minimum Gasteiger partial charge on any atom is -0.336 e. The lowest BCUT2D eigenvalue weighted by Crippen LogP contribution is -2.40. The second-order valence-electron chi connectivity index (χ2n) is 21.2. The molecule has 0 fully saturated rings. The maximum absolute atomic E-state index is 14.8. The largest absolute Gasteiger partial charge is 0.416 e. The maximum Gasteiger partial charge on any atom is 0.416 e. The molecule has 0 saturated heterocycles. The number of hydrogen-bond donors (Lipinski definition) is 0. The first-order valence-electron chi connectivity index (χ1n) is 43.8. The molecule has 0 aliphatic heterocycles. The zero-order valence-corrected chi connectivity index (χ0v) is 54.0. The molecule has 1 unspecified atom stereocenters. The fraction of sp³-hybridized carbons (Fsp3) is 0.378. The molecule has 508 valence electrons. The van der Waals surface area contributed by atoms with Crippen molar-refractivity contribution in [1.29, 1.82) is 0 Å². The van der Waals surface area contributed by atoms with Gasteiger partial charge in [0, 0.05) is 85.4 Å². The van der Waals surface area contributed by atoms with Gasteiger partial charge in [0.25, 0.3) is 11.1 Å². The number of halogens is 8. The minimum absolute atomic E-state index is 0.0123. The van der Waals surface area contributed by atoms with Crippen molar-refractivity contribution in [3.05, 3.63) is 233 Å². The summed E-state index contributed by atoms with van der Waals surface area (Å²) in [5.41, 5.74) is -7.83. The summed E-state index contributed by atoms with van der Waals surface area (Å²) in [5.74, 6) is -8.93. The van der Waals surface area contributed by atoms with Crippen LogP contribution in [-0.2, 0) is 85.2 Å². The smallest absolute Gasteiger partial charge is 0.336 e. The Labute approximate surface area is 603 Å². The number of rotatable bonds is 26. The van der Waals surface area contributed by atoms with Crippen LogP contribution < -0.4 is 11.1 Å². The SMILES string of the molecule is [2H]c1c([2H])c(CSc2nc(=O)c3c(n2CC(=O)N(Cc2c([2H])c([2H])c(-c4c([2H])c([2H])c(C(F)(F)F)c([2H])c4[2H])c([2H])c2C)C([2H])([2H])C([2H])([2H])N(CC)CC)CCC3)c([2H])c([2H])c1F.[2H]c1c([2H])c(CSc2nc(=O)c3c(n2CC(=O)N(Cc2ccc(-c4ccc(C(F)(F)F)cc4)cc2)C([2H])([2H])C([2H])([2H])N(CC)CC)C([2H])([2H])C([2H])(C)C3([2H])[2H])c([2H])c([2H])c1F. The summed E-state index contributed by atoms with van der Waals surface area (Å²) in [7, 11) is 0. The predicted molar refractivity (Wildman–Crippen MR) is 362 cm³/mol. The lowest BCUT2D eigenvalue weighted by molar-refractivity contribution is -0.138. The average molecular weight is 1390 g/mol. The number of fused-ring (bicyclic) bond motifs is 2. The molecule has 1 atom stereocenters. The molecule has 0 N–H and O–H groups in total. The molecular weight excluding hydrogens is 1280 g/mol. The van der Waals surface area contributed by atoms with E-state index < -0.39 is 264 Å². The van der Waals surface area contributed by atoms with Crippen LogP contribution >= 0.6 is 23.5 Å². The zero-order valence-electron chi connectivity index (χ0n) is 80.4. The first-order chi connectivity index (χ1) is 57.1. The highest BCUT2D eigenvalue weighted by atomic mass is 32.2. The van der Waals surface area contributed by atoms with E-state index in [1.54, 1.807) is 13.8 Å². The molecule has 8 aromatic rings. The second-order valence-corrected chi connectivity index (χ2v) is 23.1. The number of nitrogens with zero attached hydrogens (tertiary/aromatic N) is 8. The molecular formula is C74H80F8N8O4S2. The highest BCUT2D eigenvalue weighted by Crippen LogP contribution is 2.35. The number of amides is 2. The van der Waals surface area contributed by atoms with E-state index >= 15 is 0 Å². The van der Waals surface area contributed by atoms with Gasteiger partial charge in [-0.2, -0.15) is 36.3 Å². The monoisotopic (exact) mass is 1390 g/mol. The van der Waals surface area contributed by atoms with Crippen molar-refractivity contribution in [3.8, 4) is 22.3 Å². The fourth-order valence-electron chi connectivity index (χ4n) is 9.58. The third-order valence-corrected chi connectivity index (χ3v) is 16.8. The van der Waals surface area contributed by atoms with Crippen molar-refractivity contribution in [2.45, 2.75) is 134 Å². The molecule has 0 saturated carbocycles. The molecule has 2 aliphatic carbocycles. The van der Waals surface area contributed by atoms with Crippen LogP contribution in [0.4, 0.5) is 35.1 Å². The summed E-state index contributed by atoms with van der Waals surface area (Å²) >= 11 is 1.19. The van der Waals surface area contributed by atoms with Crippen molar-refractivity contribution in [2.24, 2.45) is 5.89 Å². The van der Waals surface area contributed by atoms with E-state index in [0.29, 0.717) is 56.6 Å². The van der Waals surface area contributed by atoms with Gasteiger partial charge in [0.2, 0.25) is 11.8 Å². The first-order valence-corrected chi connectivity index (χ1v) is 31.7. The molecule has 0 bridgehead atoms. The number of aromatic nitrogens is 4. The van der Waals surface area contributed by atoms with Crippen LogP contribution in [-0.4, -0.2) is 103 Å². The van der Waals surface area contributed by atoms with Gasteiger partial charge in [-0.15, -0.1) is 0 Å². The Bertz CT molecular complexity index is 5550. The number of carbonyl (C=O) groups is 2. The number of likely N-dealkylation sites (N-methyl/N-ethyl adjacent to an activating group) is 2. The Hall–Kier alpha value is -7.92. The van der Waals surface area contributed by atoms with Gasteiger partial charge in [-0.3, -0.25) is 19.2 Å². The Morgan fingerprint density at radius 3 is 1.54 bits per heavy atom. The number of thioether (sulfide) groups is 2.